The number of carbonyl (C=O) groups excluding carboxylic acids is 1. The van der Waals surface area contributed by atoms with Crippen LogP contribution in [0.3, 0.4) is 0 Å². The SMILES string of the molecule is N#Cc1ccccc1/C=C/C(=O)Nc1ccc2c(c1)C1CCCN1CC2. The third-order valence-electron chi connectivity index (χ3n) is 5.30. The number of hydrogen-bond donors (Lipinski definition) is 1. The first kappa shape index (κ1) is 16.6. The van der Waals surface area contributed by atoms with Crippen LogP contribution in [0.5, 0.6) is 0 Å². The minimum Gasteiger partial charge on any atom is -0.323 e. The zero-order valence-electron chi connectivity index (χ0n) is 14.6. The van der Waals surface area contributed by atoms with Crippen molar-refractivity contribution in [1.82, 2.24) is 4.90 Å². The molecule has 2 aliphatic rings. The van der Waals surface area contributed by atoms with E-state index >= 15 is 0 Å². The van der Waals surface area contributed by atoms with E-state index in [1.165, 1.54) is 36.6 Å². The molecule has 2 heterocycles. The van der Waals surface area contributed by atoms with Crippen LogP contribution in [-0.4, -0.2) is 23.9 Å². The summed E-state index contributed by atoms with van der Waals surface area (Å²) in [5, 5.41) is 12.1. The van der Waals surface area contributed by atoms with E-state index in [9.17, 15) is 4.79 Å². The van der Waals surface area contributed by atoms with Gasteiger partial charge < -0.3 is 5.32 Å². The van der Waals surface area contributed by atoms with Crippen LogP contribution in [-0.2, 0) is 11.2 Å². The summed E-state index contributed by atoms with van der Waals surface area (Å²) in [5.41, 5.74) is 4.92. The Morgan fingerprint density at radius 2 is 2.12 bits per heavy atom. The molecule has 1 atom stereocenters. The van der Waals surface area contributed by atoms with Gasteiger partial charge in [-0.25, -0.2) is 0 Å². The average Bonchev–Trinajstić information content (AvgIpc) is 3.16. The van der Waals surface area contributed by atoms with Crippen LogP contribution in [0.15, 0.2) is 48.5 Å². The molecule has 0 aliphatic carbocycles. The molecule has 4 nitrogen and oxygen atoms in total. The van der Waals surface area contributed by atoms with Gasteiger partial charge in [-0.05, 0) is 66.8 Å². The number of amides is 1. The summed E-state index contributed by atoms with van der Waals surface area (Å²) >= 11 is 0. The summed E-state index contributed by atoms with van der Waals surface area (Å²) in [6.07, 6.45) is 6.71. The summed E-state index contributed by atoms with van der Waals surface area (Å²) in [4.78, 5) is 14.8. The maximum absolute atomic E-state index is 12.3. The van der Waals surface area contributed by atoms with Crippen molar-refractivity contribution in [3.05, 3.63) is 70.8 Å². The van der Waals surface area contributed by atoms with Crippen molar-refractivity contribution < 1.29 is 4.79 Å². The van der Waals surface area contributed by atoms with E-state index in [0.717, 1.165) is 24.2 Å². The van der Waals surface area contributed by atoms with Gasteiger partial charge in [0.05, 0.1) is 11.6 Å². The molecule has 130 valence electrons. The largest absolute Gasteiger partial charge is 0.323 e. The van der Waals surface area contributed by atoms with Gasteiger partial charge in [0, 0.05) is 24.4 Å². The van der Waals surface area contributed by atoms with Crippen molar-refractivity contribution in [2.75, 3.05) is 18.4 Å². The molecule has 0 bridgehead atoms. The molecule has 2 aromatic rings. The van der Waals surface area contributed by atoms with Crippen LogP contribution in [0.1, 0.15) is 41.1 Å². The lowest BCUT2D eigenvalue weighted by Crippen LogP contribution is -2.30. The van der Waals surface area contributed by atoms with Gasteiger partial charge in [-0.2, -0.15) is 5.26 Å². The fraction of sp³-hybridized carbons (Fsp3) is 0.273. The van der Waals surface area contributed by atoms with Crippen molar-refractivity contribution in [2.24, 2.45) is 0 Å². The van der Waals surface area contributed by atoms with E-state index in [1.807, 2.05) is 24.3 Å². The van der Waals surface area contributed by atoms with Crippen LogP contribution in [0.4, 0.5) is 5.69 Å². The molecule has 1 fully saturated rings. The van der Waals surface area contributed by atoms with Gasteiger partial charge in [-0.15, -0.1) is 0 Å². The first-order valence-electron chi connectivity index (χ1n) is 9.09. The lowest BCUT2D eigenvalue weighted by molar-refractivity contribution is -0.111. The maximum Gasteiger partial charge on any atom is 0.248 e. The normalized spacial score (nSPS) is 19.0. The highest BCUT2D eigenvalue weighted by Gasteiger charge is 2.31. The highest BCUT2D eigenvalue weighted by atomic mass is 16.1. The topological polar surface area (TPSA) is 56.1 Å². The molecule has 26 heavy (non-hydrogen) atoms. The first-order chi connectivity index (χ1) is 12.7. The predicted molar refractivity (Wildman–Crippen MR) is 103 cm³/mol. The minimum absolute atomic E-state index is 0.184. The smallest absolute Gasteiger partial charge is 0.248 e. The monoisotopic (exact) mass is 343 g/mol. The molecular weight excluding hydrogens is 322 g/mol. The number of nitrogens with one attached hydrogen (secondary N) is 1. The Morgan fingerprint density at radius 3 is 3.00 bits per heavy atom. The van der Waals surface area contributed by atoms with Gasteiger partial charge in [0.25, 0.3) is 0 Å². The van der Waals surface area contributed by atoms with Crippen molar-refractivity contribution in [2.45, 2.75) is 25.3 Å². The molecule has 0 spiro atoms. The maximum atomic E-state index is 12.3. The van der Waals surface area contributed by atoms with Crippen molar-refractivity contribution >= 4 is 17.7 Å². The number of hydrogen-bond acceptors (Lipinski definition) is 3. The molecular formula is C22H21N3O. The quantitative estimate of drug-likeness (QED) is 0.860. The van der Waals surface area contributed by atoms with Crippen LogP contribution in [0.2, 0.25) is 0 Å². The molecule has 1 amide bonds. The van der Waals surface area contributed by atoms with E-state index in [-0.39, 0.29) is 5.91 Å². The zero-order valence-corrected chi connectivity index (χ0v) is 14.6. The fourth-order valence-corrected chi connectivity index (χ4v) is 4.01. The molecule has 4 heteroatoms. The molecule has 1 N–H and O–H groups in total. The van der Waals surface area contributed by atoms with Crippen molar-refractivity contribution in [1.29, 1.82) is 5.26 Å². The number of anilines is 1. The molecule has 0 radical (unpaired) electrons. The Morgan fingerprint density at radius 1 is 1.23 bits per heavy atom. The number of rotatable bonds is 3. The second-order valence-corrected chi connectivity index (χ2v) is 6.88. The second-order valence-electron chi connectivity index (χ2n) is 6.88. The Kier molecular flexibility index (Phi) is 4.55. The van der Waals surface area contributed by atoms with Crippen LogP contribution >= 0.6 is 0 Å². The van der Waals surface area contributed by atoms with Gasteiger partial charge in [0.15, 0.2) is 0 Å². The van der Waals surface area contributed by atoms with E-state index in [2.05, 4.69) is 28.4 Å². The third-order valence-corrected chi connectivity index (χ3v) is 5.30. The second kappa shape index (κ2) is 7.15. The summed E-state index contributed by atoms with van der Waals surface area (Å²) in [6.45, 7) is 2.33. The van der Waals surface area contributed by atoms with E-state index in [1.54, 1.807) is 12.1 Å². The Hall–Kier alpha value is -2.90. The molecule has 0 saturated carbocycles. The molecule has 2 aromatic carbocycles. The lowest BCUT2D eigenvalue weighted by atomic mass is 9.92. The fourth-order valence-electron chi connectivity index (χ4n) is 4.01. The van der Waals surface area contributed by atoms with E-state index in [4.69, 9.17) is 5.26 Å². The molecule has 4 rings (SSSR count). The van der Waals surface area contributed by atoms with Crippen LogP contribution in [0.25, 0.3) is 6.08 Å². The number of benzene rings is 2. The Balaban J connectivity index is 1.49. The summed E-state index contributed by atoms with van der Waals surface area (Å²) in [5.74, 6) is -0.184. The third kappa shape index (κ3) is 3.26. The number of nitriles is 1. The molecule has 1 unspecified atom stereocenters. The predicted octanol–water partition coefficient (Wildman–Crippen LogP) is 3.90. The van der Waals surface area contributed by atoms with Gasteiger partial charge in [0.1, 0.15) is 0 Å². The number of nitrogens with zero attached hydrogens (tertiary/aromatic N) is 2. The van der Waals surface area contributed by atoms with Crippen LogP contribution in [0, 0.1) is 11.3 Å². The minimum atomic E-state index is -0.184. The highest BCUT2D eigenvalue weighted by molar-refractivity contribution is 6.02. The standard InChI is InChI=1S/C22H21N3O/c23-15-18-5-2-1-4-16(18)8-10-22(26)24-19-9-7-17-11-13-25-12-3-6-21(25)20(17)14-19/h1-2,4-5,7-10,14,21H,3,6,11-13H2,(H,24,26)/b10-8+. The van der Waals surface area contributed by atoms with Crippen LogP contribution < -0.4 is 5.32 Å². The Bertz CT molecular complexity index is 910. The lowest BCUT2D eigenvalue weighted by Gasteiger charge is -2.32. The van der Waals surface area contributed by atoms with Gasteiger partial charge >= 0.3 is 0 Å². The Labute approximate surface area is 153 Å². The molecule has 0 aromatic heterocycles. The van der Waals surface area contributed by atoms with Crippen molar-refractivity contribution in [3.63, 3.8) is 0 Å². The highest BCUT2D eigenvalue weighted by Crippen LogP contribution is 2.38. The first-order valence-corrected chi connectivity index (χ1v) is 9.09. The average molecular weight is 343 g/mol. The summed E-state index contributed by atoms with van der Waals surface area (Å²) in [6, 6.07) is 16.2. The zero-order chi connectivity index (χ0) is 17.9. The van der Waals surface area contributed by atoms with Gasteiger partial charge in [-0.3, -0.25) is 9.69 Å². The molecule has 1 saturated heterocycles. The van der Waals surface area contributed by atoms with E-state index < -0.39 is 0 Å². The van der Waals surface area contributed by atoms with Gasteiger partial charge in [-0.1, -0.05) is 24.3 Å². The number of carbonyl (C=O) groups is 1. The molecule has 2 aliphatic heterocycles. The number of fused-ring (bicyclic) bond motifs is 3. The van der Waals surface area contributed by atoms with Crippen molar-refractivity contribution in [3.8, 4) is 6.07 Å². The van der Waals surface area contributed by atoms with Gasteiger partial charge in [0.2, 0.25) is 5.91 Å². The summed E-state index contributed by atoms with van der Waals surface area (Å²) < 4.78 is 0. The summed E-state index contributed by atoms with van der Waals surface area (Å²) in [7, 11) is 0. The van der Waals surface area contributed by atoms with E-state index in [0.29, 0.717) is 11.6 Å².